The number of rotatable bonds is 3. The van der Waals surface area contributed by atoms with E-state index in [1.807, 2.05) is 24.3 Å². The molecule has 1 aromatic carbocycles. The van der Waals surface area contributed by atoms with E-state index in [0.29, 0.717) is 6.54 Å². The molecule has 0 saturated carbocycles. The van der Waals surface area contributed by atoms with Crippen LogP contribution in [0.15, 0.2) is 35.3 Å². The smallest absolute Gasteiger partial charge is 0.254 e. The molecular formula is C17H18ClNO2. The lowest BCUT2D eigenvalue weighted by Gasteiger charge is -2.18. The van der Waals surface area contributed by atoms with Gasteiger partial charge in [-0.2, -0.15) is 0 Å². The number of benzene rings is 1. The van der Waals surface area contributed by atoms with Gasteiger partial charge in [-0.1, -0.05) is 23.7 Å². The number of aromatic nitrogens is 1. The Hall–Kier alpha value is -1.74. The van der Waals surface area contributed by atoms with E-state index in [1.54, 1.807) is 17.9 Å². The highest BCUT2D eigenvalue weighted by atomic mass is 35.5. The van der Waals surface area contributed by atoms with Gasteiger partial charge in [-0.05, 0) is 48.9 Å². The Morgan fingerprint density at radius 3 is 2.48 bits per heavy atom. The number of hydrogen-bond donors (Lipinski definition) is 0. The summed E-state index contributed by atoms with van der Waals surface area (Å²) in [5, 5.41) is 0.720. The van der Waals surface area contributed by atoms with Crippen molar-refractivity contribution in [2.45, 2.75) is 32.2 Å². The van der Waals surface area contributed by atoms with Gasteiger partial charge in [0.05, 0.1) is 18.7 Å². The maximum atomic E-state index is 12.6. The number of halogens is 1. The molecule has 4 heteroatoms. The summed E-state index contributed by atoms with van der Waals surface area (Å²) in [7, 11) is 1.64. The third-order valence-electron chi connectivity index (χ3n) is 4.06. The van der Waals surface area contributed by atoms with Crippen LogP contribution in [0.1, 0.15) is 29.5 Å². The summed E-state index contributed by atoms with van der Waals surface area (Å²) in [5.41, 5.74) is 3.12. The van der Waals surface area contributed by atoms with Crippen molar-refractivity contribution in [1.29, 1.82) is 0 Å². The van der Waals surface area contributed by atoms with Crippen LogP contribution in [0.4, 0.5) is 0 Å². The maximum Gasteiger partial charge on any atom is 0.254 e. The molecule has 3 rings (SSSR count). The summed E-state index contributed by atoms with van der Waals surface area (Å²) in [5.74, 6) is 0.814. The van der Waals surface area contributed by atoms with Gasteiger partial charge < -0.3 is 9.30 Å². The van der Waals surface area contributed by atoms with Crippen molar-refractivity contribution in [3.8, 4) is 5.75 Å². The van der Waals surface area contributed by atoms with Crippen molar-refractivity contribution in [3.63, 3.8) is 0 Å². The van der Waals surface area contributed by atoms with Gasteiger partial charge in [-0.25, -0.2) is 0 Å². The second-order valence-electron chi connectivity index (χ2n) is 5.42. The zero-order valence-electron chi connectivity index (χ0n) is 12.1. The topological polar surface area (TPSA) is 31.2 Å². The first-order valence-electron chi connectivity index (χ1n) is 7.22. The van der Waals surface area contributed by atoms with Crippen LogP contribution in [-0.4, -0.2) is 11.7 Å². The van der Waals surface area contributed by atoms with Crippen LogP contribution in [0.5, 0.6) is 5.75 Å². The molecule has 1 heterocycles. The van der Waals surface area contributed by atoms with Crippen molar-refractivity contribution in [3.05, 3.63) is 62.5 Å². The normalized spacial score (nSPS) is 13.8. The summed E-state index contributed by atoms with van der Waals surface area (Å²) in [6.07, 6.45) is 5.74. The van der Waals surface area contributed by atoms with Gasteiger partial charge in [0.1, 0.15) is 5.75 Å². The Labute approximate surface area is 129 Å². The van der Waals surface area contributed by atoms with Crippen LogP contribution in [0, 0.1) is 0 Å². The van der Waals surface area contributed by atoms with Crippen LogP contribution < -0.4 is 10.3 Å². The molecule has 0 bridgehead atoms. The monoisotopic (exact) mass is 303 g/mol. The minimum Gasteiger partial charge on any atom is -0.497 e. The predicted octanol–water partition coefficient (Wildman–Crippen LogP) is 3.44. The second-order valence-corrected chi connectivity index (χ2v) is 5.83. The van der Waals surface area contributed by atoms with Gasteiger partial charge in [0.25, 0.3) is 5.56 Å². The van der Waals surface area contributed by atoms with Crippen LogP contribution in [0.25, 0.3) is 0 Å². The fourth-order valence-corrected chi connectivity index (χ4v) is 3.22. The first-order chi connectivity index (χ1) is 10.2. The highest BCUT2D eigenvalue weighted by molar-refractivity contribution is 6.31. The Bertz CT molecular complexity index is 704. The summed E-state index contributed by atoms with van der Waals surface area (Å²) in [6.45, 7) is 0.538. The van der Waals surface area contributed by atoms with E-state index in [2.05, 4.69) is 0 Å². The van der Waals surface area contributed by atoms with Crippen LogP contribution in [0.2, 0.25) is 5.02 Å². The van der Waals surface area contributed by atoms with Crippen molar-refractivity contribution in [1.82, 2.24) is 4.57 Å². The van der Waals surface area contributed by atoms with Crippen molar-refractivity contribution < 1.29 is 4.74 Å². The van der Waals surface area contributed by atoms with Gasteiger partial charge in [0.2, 0.25) is 0 Å². The van der Waals surface area contributed by atoms with E-state index in [9.17, 15) is 4.79 Å². The number of fused-ring (bicyclic) bond motifs is 1. The van der Waals surface area contributed by atoms with Crippen LogP contribution >= 0.6 is 11.6 Å². The third-order valence-corrected chi connectivity index (χ3v) is 4.38. The van der Waals surface area contributed by atoms with Crippen LogP contribution in [0.3, 0.4) is 0 Å². The summed E-state index contributed by atoms with van der Waals surface area (Å²) in [6, 6.07) is 7.75. The molecule has 3 nitrogen and oxygen atoms in total. The number of methoxy groups -OCH3 is 1. The molecule has 21 heavy (non-hydrogen) atoms. The van der Waals surface area contributed by atoms with Gasteiger partial charge in [-0.3, -0.25) is 4.79 Å². The molecule has 0 atom stereocenters. The largest absolute Gasteiger partial charge is 0.497 e. The van der Waals surface area contributed by atoms with E-state index in [1.165, 1.54) is 0 Å². The molecule has 0 spiro atoms. The van der Waals surface area contributed by atoms with Gasteiger partial charge in [0.15, 0.2) is 0 Å². The zero-order chi connectivity index (χ0) is 14.8. The predicted molar refractivity (Wildman–Crippen MR) is 84.5 cm³/mol. The van der Waals surface area contributed by atoms with Crippen molar-refractivity contribution >= 4 is 11.6 Å². The average Bonchev–Trinajstić information content (AvgIpc) is 2.53. The van der Waals surface area contributed by atoms with Crippen LogP contribution in [-0.2, 0) is 19.4 Å². The highest BCUT2D eigenvalue weighted by Gasteiger charge is 2.18. The molecule has 0 unspecified atom stereocenters. The Morgan fingerprint density at radius 2 is 1.81 bits per heavy atom. The van der Waals surface area contributed by atoms with E-state index in [4.69, 9.17) is 16.3 Å². The molecule has 110 valence electrons. The summed E-state index contributed by atoms with van der Waals surface area (Å²) in [4.78, 5) is 12.6. The second kappa shape index (κ2) is 5.94. The summed E-state index contributed by atoms with van der Waals surface area (Å²) < 4.78 is 6.86. The fraction of sp³-hybridized carbons (Fsp3) is 0.353. The maximum absolute atomic E-state index is 12.6. The van der Waals surface area contributed by atoms with E-state index < -0.39 is 0 Å². The molecule has 1 aliphatic carbocycles. The molecule has 0 N–H and O–H groups in total. The Morgan fingerprint density at radius 1 is 1.14 bits per heavy atom. The van der Waals surface area contributed by atoms with Gasteiger partial charge in [-0.15, -0.1) is 0 Å². The molecular weight excluding hydrogens is 286 g/mol. The van der Waals surface area contributed by atoms with Crippen molar-refractivity contribution in [2.24, 2.45) is 0 Å². The lowest BCUT2D eigenvalue weighted by molar-refractivity contribution is 0.414. The van der Waals surface area contributed by atoms with E-state index in [0.717, 1.165) is 53.1 Å². The number of ether oxygens (including phenoxy) is 1. The van der Waals surface area contributed by atoms with E-state index >= 15 is 0 Å². The minimum absolute atomic E-state index is 0.102. The van der Waals surface area contributed by atoms with Gasteiger partial charge >= 0.3 is 0 Å². The Kier molecular flexibility index (Phi) is 4.02. The number of nitrogens with zero attached hydrogens (tertiary/aromatic N) is 1. The zero-order valence-corrected chi connectivity index (χ0v) is 12.8. The first-order valence-corrected chi connectivity index (χ1v) is 7.60. The summed E-state index contributed by atoms with van der Waals surface area (Å²) >= 11 is 6.35. The standard InChI is InChI=1S/C17H18ClNO2/c1-21-13-8-6-12(7-9-13)10-19-11-16(18)14-4-2-3-5-15(14)17(19)20/h6-9,11H,2-5,10H2,1H3. The van der Waals surface area contributed by atoms with E-state index in [-0.39, 0.29) is 5.56 Å². The quantitative estimate of drug-likeness (QED) is 0.870. The minimum atomic E-state index is 0.102. The van der Waals surface area contributed by atoms with Crippen molar-refractivity contribution in [2.75, 3.05) is 7.11 Å². The molecule has 0 aliphatic heterocycles. The third kappa shape index (κ3) is 2.84. The SMILES string of the molecule is COc1ccc(Cn2cc(Cl)c3c(c2=O)CCCC3)cc1. The molecule has 0 radical (unpaired) electrons. The Balaban J connectivity index is 1.95. The molecule has 0 amide bonds. The molecule has 2 aromatic rings. The molecule has 0 fully saturated rings. The molecule has 1 aliphatic rings. The number of hydrogen-bond acceptors (Lipinski definition) is 2. The average molecular weight is 304 g/mol. The lowest BCUT2D eigenvalue weighted by Crippen LogP contribution is -2.27. The number of pyridine rings is 1. The fourth-order valence-electron chi connectivity index (χ4n) is 2.90. The molecule has 0 saturated heterocycles. The van der Waals surface area contributed by atoms with Gasteiger partial charge in [0, 0.05) is 11.8 Å². The first kappa shape index (κ1) is 14.2. The molecule has 1 aromatic heterocycles. The lowest BCUT2D eigenvalue weighted by atomic mass is 9.93. The highest BCUT2D eigenvalue weighted by Crippen LogP contribution is 2.25.